The number of carbonyl (C=O) groups is 2. The van der Waals surface area contributed by atoms with Gasteiger partial charge >= 0.3 is 6.09 Å². The van der Waals surface area contributed by atoms with Gasteiger partial charge in [0.25, 0.3) is 0 Å². The number of fused-ring (bicyclic) bond motifs is 1. The average Bonchev–Trinajstić information content (AvgIpc) is 2.97. The third kappa shape index (κ3) is 8.48. The summed E-state index contributed by atoms with van der Waals surface area (Å²) in [6, 6.07) is 13.9. The van der Waals surface area contributed by atoms with Crippen molar-refractivity contribution in [3.05, 3.63) is 69.9 Å². The van der Waals surface area contributed by atoms with Crippen LogP contribution in [0.3, 0.4) is 0 Å². The van der Waals surface area contributed by atoms with E-state index in [0.29, 0.717) is 53.5 Å². The van der Waals surface area contributed by atoms with Crippen LogP contribution < -0.4 is 15.4 Å². The second kappa shape index (κ2) is 13.6. The Kier molecular flexibility index (Phi) is 9.93. The summed E-state index contributed by atoms with van der Waals surface area (Å²) in [5.41, 5.74) is 3.97. The summed E-state index contributed by atoms with van der Waals surface area (Å²) in [5.74, 6) is 1.07. The van der Waals surface area contributed by atoms with Crippen molar-refractivity contribution in [1.29, 1.82) is 10.5 Å². The number of hydrogen-bond acceptors (Lipinski definition) is 9. The molecule has 4 rings (SSSR count). The van der Waals surface area contributed by atoms with Gasteiger partial charge in [-0.2, -0.15) is 15.5 Å². The van der Waals surface area contributed by atoms with Crippen molar-refractivity contribution in [2.24, 2.45) is 5.92 Å². The molecule has 1 atom stereocenters. The predicted octanol–water partition coefficient (Wildman–Crippen LogP) is 6.20. The number of alkyl carbamates (subject to hydrolysis) is 1. The van der Waals surface area contributed by atoms with E-state index in [1.54, 1.807) is 62.1 Å². The molecule has 1 aromatic heterocycles. The number of aryl methyl sites for hydroxylation is 2. The number of carbonyl (C=O) groups excluding carboxylic acids is 2. The molecule has 0 aliphatic carbocycles. The van der Waals surface area contributed by atoms with E-state index in [1.165, 1.54) is 0 Å². The lowest BCUT2D eigenvalue weighted by molar-refractivity contribution is -0.134. The largest absolute Gasteiger partial charge is 0.444 e. The number of hydrogen-bond donors (Lipinski definition) is 2. The van der Waals surface area contributed by atoms with Crippen LogP contribution in [0.5, 0.6) is 11.6 Å². The van der Waals surface area contributed by atoms with Crippen molar-refractivity contribution >= 4 is 23.6 Å². The van der Waals surface area contributed by atoms with Crippen molar-refractivity contribution in [3.8, 4) is 23.8 Å². The molecule has 0 unspecified atom stereocenters. The van der Waals surface area contributed by atoms with Gasteiger partial charge in [0.05, 0.1) is 41.1 Å². The van der Waals surface area contributed by atoms with Crippen LogP contribution in [0.4, 0.5) is 16.4 Å². The van der Waals surface area contributed by atoms with Crippen LogP contribution in [0.25, 0.3) is 0 Å². The summed E-state index contributed by atoms with van der Waals surface area (Å²) in [6.45, 7) is 13.6. The van der Waals surface area contributed by atoms with E-state index < -0.39 is 17.7 Å². The Morgan fingerprint density at radius 3 is 2.24 bits per heavy atom. The van der Waals surface area contributed by atoms with Gasteiger partial charge in [-0.1, -0.05) is 13.8 Å². The van der Waals surface area contributed by atoms with Crippen LogP contribution >= 0.6 is 0 Å². The first kappa shape index (κ1) is 32.7. The van der Waals surface area contributed by atoms with E-state index in [1.807, 2.05) is 27.7 Å². The number of amides is 2. The van der Waals surface area contributed by atoms with Gasteiger partial charge in [-0.15, -0.1) is 0 Å². The third-order valence-corrected chi connectivity index (χ3v) is 7.09. The molecule has 2 aromatic carbocycles. The number of anilines is 2. The zero-order valence-corrected chi connectivity index (χ0v) is 26.8. The topological polar surface area (TPSA) is 153 Å². The van der Waals surface area contributed by atoms with Crippen molar-refractivity contribution in [2.45, 2.75) is 79.5 Å². The summed E-state index contributed by atoms with van der Waals surface area (Å²) in [4.78, 5) is 37.7. The molecule has 11 nitrogen and oxygen atoms in total. The average molecular weight is 610 g/mol. The Morgan fingerprint density at radius 2 is 1.67 bits per heavy atom. The first-order chi connectivity index (χ1) is 21.3. The monoisotopic (exact) mass is 609 g/mol. The predicted molar refractivity (Wildman–Crippen MR) is 169 cm³/mol. The number of rotatable bonds is 8. The van der Waals surface area contributed by atoms with Gasteiger partial charge in [0.2, 0.25) is 17.7 Å². The molecule has 0 bridgehead atoms. The van der Waals surface area contributed by atoms with E-state index in [4.69, 9.17) is 24.7 Å². The van der Waals surface area contributed by atoms with E-state index in [9.17, 15) is 14.9 Å². The molecule has 0 saturated heterocycles. The molecule has 45 heavy (non-hydrogen) atoms. The minimum absolute atomic E-state index is 0.145. The highest BCUT2D eigenvalue weighted by atomic mass is 16.6. The number of nitriles is 2. The van der Waals surface area contributed by atoms with Gasteiger partial charge < -0.3 is 25.0 Å². The molecule has 2 N–H and O–H groups in total. The minimum atomic E-state index is -0.771. The third-order valence-electron chi connectivity index (χ3n) is 7.09. The van der Waals surface area contributed by atoms with E-state index >= 15 is 0 Å². The smallest absolute Gasteiger partial charge is 0.408 e. The van der Waals surface area contributed by atoms with Gasteiger partial charge in [-0.3, -0.25) is 4.79 Å². The SMILES string of the molecule is Cc1cc(C#N)cc(C)c1Oc1nc(Nc2ccc(C#N)cc2)nc2c1CN(C(=O)[C@@H](CC(C)C)NC(=O)OC(C)(C)C)CC2. The van der Waals surface area contributed by atoms with Crippen LogP contribution in [-0.2, 0) is 22.5 Å². The number of aromatic nitrogens is 2. The number of benzene rings is 2. The van der Waals surface area contributed by atoms with Crippen LogP contribution in [0.1, 0.15) is 74.6 Å². The highest BCUT2D eigenvalue weighted by Gasteiger charge is 2.33. The van der Waals surface area contributed by atoms with Crippen molar-refractivity contribution in [1.82, 2.24) is 20.2 Å². The fourth-order valence-corrected chi connectivity index (χ4v) is 5.11. The van der Waals surface area contributed by atoms with Gasteiger partial charge in [-0.25, -0.2) is 9.78 Å². The molecule has 11 heteroatoms. The molecule has 3 aromatic rings. The Bertz CT molecular complexity index is 1640. The maximum absolute atomic E-state index is 13.9. The summed E-state index contributed by atoms with van der Waals surface area (Å²) >= 11 is 0. The van der Waals surface area contributed by atoms with Gasteiger partial charge in [0.1, 0.15) is 17.4 Å². The number of nitrogens with zero attached hydrogens (tertiary/aromatic N) is 5. The Hall–Kier alpha value is -5.16. The zero-order valence-electron chi connectivity index (χ0n) is 26.8. The molecule has 2 amide bonds. The first-order valence-corrected chi connectivity index (χ1v) is 14.9. The van der Waals surface area contributed by atoms with Crippen LogP contribution in [0, 0.1) is 42.4 Å². The Morgan fingerprint density at radius 1 is 1.02 bits per heavy atom. The first-order valence-electron chi connectivity index (χ1n) is 14.9. The number of nitrogens with one attached hydrogen (secondary N) is 2. The van der Waals surface area contributed by atoms with E-state index in [-0.39, 0.29) is 24.2 Å². The molecule has 234 valence electrons. The summed E-state index contributed by atoms with van der Waals surface area (Å²) in [5, 5.41) is 24.5. The fourth-order valence-electron chi connectivity index (χ4n) is 5.11. The van der Waals surface area contributed by atoms with Gasteiger partial charge in [0, 0.05) is 18.7 Å². The summed E-state index contributed by atoms with van der Waals surface area (Å²) in [6.07, 6.45) is 0.239. The van der Waals surface area contributed by atoms with Crippen LogP contribution in [0.15, 0.2) is 36.4 Å². The zero-order chi connectivity index (χ0) is 32.9. The number of ether oxygens (including phenoxy) is 2. The van der Waals surface area contributed by atoms with E-state index in [2.05, 4.69) is 22.8 Å². The lowest BCUT2D eigenvalue weighted by Gasteiger charge is -2.33. The lowest BCUT2D eigenvalue weighted by atomic mass is 10.0. The molecule has 2 heterocycles. The van der Waals surface area contributed by atoms with Crippen LogP contribution in [-0.4, -0.2) is 45.1 Å². The minimum Gasteiger partial charge on any atom is -0.444 e. The van der Waals surface area contributed by atoms with Gasteiger partial charge in [0.15, 0.2) is 0 Å². The fraction of sp³-hybridized carbons (Fsp3) is 0.412. The maximum atomic E-state index is 13.9. The maximum Gasteiger partial charge on any atom is 0.408 e. The quantitative estimate of drug-likeness (QED) is 0.304. The summed E-state index contributed by atoms with van der Waals surface area (Å²) in [7, 11) is 0. The highest BCUT2D eigenvalue weighted by Crippen LogP contribution is 2.35. The molecule has 0 radical (unpaired) electrons. The Balaban J connectivity index is 1.68. The lowest BCUT2D eigenvalue weighted by Crippen LogP contribution is -2.51. The van der Waals surface area contributed by atoms with E-state index in [0.717, 1.165) is 16.8 Å². The second-order valence-corrected chi connectivity index (χ2v) is 12.6. The molecule has 0 fully saturated rings. The second-order valence-electron chi connectivity index (χ2n) is 12.6. The molecule has 0 saturated carbocycles. The summed E-state index contributed by atoms with van der Waals surface area (Å²) < 4.78 is 11.9. The molecule has 1 aliphatic rings. The van der Waals surface area contributed by atoms with Crippen molar-refractivity contribution in [3.63, 3.8) is 0 Å². The molecular weight excluding hydrogens is 570 g/mol. The standard InChI is InChI=1S/C34H39N7O4/c1-20(2)14-28(39-33(43)45-34(5,6)7)31(42)41-13-12-27-26(19-41)30(44-29-21(3)15-24(18-36)16-22(29)4)40-32(38-27)37-25-10-8-23(17-35)9-11-25/h8-11,15-16,20,28H,12-14,19H2,1-7H3,(H,39,43)(H,37,38,40)/t28-/m1/s1. The van der Waals surface area contributed by atoms with Crippen molar-refractivity contribution in [2.75, 3.05) is 11.9 Å². The molecular formula is C34H39N7O4. The normalized spacial score (nSPS) is 13.2. The van der Waals surface area contributed by atoms with Crippen LogP contribution in [0.2, 0.25) is 0 Å². The van der Waals surface area contributed by atoms with Gasteiger partial charge in [-0.05, 0) is 94.5 Å². The molecule has 0 spiro atoms. The Labute approximate surface area is 264 Å². The highest BCUT2D eigenvalue weighted by molar-refractivity contribution is 5.86. The molecule has 1 aliphatic heterocycles. The van der Waals surface area contributed by atoms with Crippen molar-refractivity contribution < 1.29 is 19.1 Å².